The number of rotatable bonds is 3. The fraction of sp³-hybridized carbons (Fsp3) is 0.368. The van der Waals surface area contributed by atoms with Gasteiger partial charge in [0.25, 0.3) is 5.91 Å². The number of nitrogens with zero attached hydrogens (tertiary/aromatic N) is 1. The molecule has 0 bridgehead atoms. The normalized spacial score (nSPS) is 15.9. The van der Waals surface area contributed by atoms with Gasteiger partial charge in [-0.05, 0) is 36.6 Å². The molecule has 1 heterocycles. The molecular weight excluding hydrogens is 291 g/mol. The second-order valence-corrected chi connectivity index (χ2v) is 6.13. The van der Waals surface area contributed by atoms with Gasteiger partial charge < -0.3 is 5.32 Å². The molecule has 0 unspecified atom stereocenters. The SMILES string of the molecule is O=C(NC1CCCCCC1)c1cncc(-c2ccc(F)cc2)c1. The van der Waals surface area contributed by atoms with Crippen LogP contribution in [-0.4, -0.2) is 16.9 Å². The van der Waals surface area contributed by atoms with E-state index in [0.29, 0.717) is 5.56 Å². The second kappa shape index (κ2) is 7.36. The van der Waals surface area contributed by atoms with Crippen molar-refractivity contribution in [3.63, 3.8) is 0 Å². The molecule has 1 N–H and O–H groups in total. The van der Waals surface area contributed by atoms with Crippen LogP contribution in [0, 0.1) is 5.82 Å². The average Bonchev–Trinajstić information content (AvgIpc) is 2.84. The molecule has 1 aromatic heterocycles. The van der Waals surface area contributed by atoms with Gasteiger partial charge in [0.05, 0.1) is 5.56 Å². The number of hydrogen-bond donors (Lipinski definition) is 1. The van der Waals surface area contributed by atoms with E-state index in [-0.39, 0.29) is 17.8 Å². The summed E-state index contributed by atoms with van der Waals surface area (Å²) in [5, 5.41) is 3.12. The van der Waals surface area contributed by atoms with Crippen LogP contribution in [0.5, 0.6) is 0 Å². The Morgan fingerprint density at radius 3 is 2.39 bits per heavy atom. The highest BCUT2D eigenvalue weighted by molar-refractivity contribution is 5.95. The summed E-state index contributed by atoms with van der Waals surface area (Å²) in [7, 11) is 0. The molecule has 1 aliphatic carbocycles. The zero-order valence-corrected chi connectivity index (χ0v) is 13.1. The van der Waals surface area contributed by atoms with E-state index >= 15 is 0 Å². The minimum absolute atomic E-state index is 0.0756. The molecule has 3 rings (SSSR count). The third kappa shape index (κ3) is 4.15. The Morgan fingerprint density at radius 1 is 1.00 bits per heavy atom. The highest BCUT2D eigenvalue weighted by Gasteiger charge is 2.16. The molecule has 4 heteroatoms. The van der Waals surface area contributed by atoms with Gasteiger partial charge in [-0.3, -0.25) is 9.78 Å². The standard InChI is InChI=1S/C19H21FN2O/c20-17-9-7-14(8-10-17)15-11-16(13-21-12-15)19(23)22-18-5-3-1-2-4-6-18/h7-13,18H,1-6H2,(H,22,23). The van der Waals surface area contributed by atoms with Crippen molar-refractivity contribution in [1.29, 1.82) is 0 Å². The molecule has 1 fully saturated rings. The third-order valence-corrected chi connectivity index (χ3v) is 4.37. The topological polar surface area (TPSA) is 42.0 Å². The van der Waals surface area contributed by atoms with E-state index in [1.807, 2.05) is 6.07 Å². The summed E-state index contributed by atoms with van der Waals surface area (Å²) >= 11 is 0. The molecule has 0 saturated heterocycles. The Labute approximate surface area is 135 Å². The van der Waals surface area contributed by atoms with Crippen LogP contribution < -0.4 is 5.32 Å². The van der Waals surface area contributed by atoms with Gasteiger partial charge in [0.15, 0.2) is 0 Å². The number of aromatic nitrogens is 1. The summed E-state index contributed by atoms with van der Waals surface area (Å²) in [6, 6.07) is 8.28. The first-order valence-electron chi connectivity index (χ1n) is 8.24. The van der Waals surface area contributed by atoms with E-state index < -0.39 is 0 Å². The minimum Gasteiger partial charge on any atom is -0.349 e. The lowest BCUT2D eigenvalue weighted by atomic mass is 10.0. The van der Waals surface area contributed by atoms with Crippen molar-refractivity contribution in [3.8, 4) is 11.1 Å². The number of nitrogens with one attached hydrogen (secondary N) is 1. The van der Waals surface area contributed by atoms with Gasteiger partial charge in [0.1, 0.15) is 5.82 Å². The maximum Gasteiger partial charge on any atom is 0.253 e. The van der Waals surface area contributed by atoms with E-state index in [2.05, 4.69) is 10.3 Å². The highest BCUT2D eigenvalue weighted by atomic mass is 19.1. The predicted molar refractivity (Wildman–Crippen MR) is 88.6 cm³/mol. The second-order valence-electron chi connectivity index (χ2n) is 6.13. The highest BCUT2D eigenvalue weighted by Crippen LogP contribution is 2.21. The maximum absolute atomic E-state index is 13.0. The number of amides is 1. The molecule has 1 aromatic carbocycles. The zero-order chi connectivity index (χ0) is 16.1. The van der Waals surface area contributed by atoms with Crippen LogP contribution in [0.3, 0.4) is 0 Å². The average molecular weight is 312 g/mol. The van der Waals surface area contributed by atoms with Crippen molar-refractivity contribution in [1.82, 2.24) is 10.3 Å². The summed E-state index contributed by atoms with van der Waals surface area (Å²) in [6.45, 7) is 0. The number of hydrogen-bond acceptors (Lipinski definition) is 2. The van der Waals surface area contributed by atoms with Gasteiger partial charge in [-0.2, -0.15) is 0 Å². The monoisotopic (exact) mass is 312 g/mol. The molecule has 0 aliphatic heterocycles. The number of pyridine rings is 1. The van der Waals surface area contributed by atoms with Crippen LogP contribution in [0.1, 0.15) is 48.9 Å². The van der Waals surface area contributed by atoms with E-state index in [4.69, 9.17) is 0 Å². The van der Waals surface area contributed by atoms with E-state index in [0.717, 1.165) is 24.0 Å². The first kappa shape index (κ1) is 15.7. The molecule has 1 amide bonds. The van der Waals surface area contributed by atoms with Crippen molar-refractivity contribution >= 4 is 5.91 Å². The molecule has 0 spiro atoms. The molecule has 120 valence electrons. The molecule has 2 aromatic rings. The molecule has 1 aliphatic rings. The summed E-state index contributed by atoms with van der Waals surface area (Å²) in [4.78, 5) is 16.6. The summed E-state index contributed by atoms with van der Waals surface area (Å²) < 4.78 is 13.0. The largest absolute Gasteiger partial charge is 0.349 e. The van der Waals surface area contributed by atoms with Crippen molar-refractivity contribution in [2.45, 2.75) is 44.6 Å². The smallest absolute Gasteiger partial charge is 0.253 e. The van der Waals surface area contributed by atoms with E-state index in [1.54, 1.807) is 24.5 Å². The zero-order valence-electron chi connectivity index (χ0n) is 13.1. The Morgan fingerprint density at radius 2 is 1.70 bits per heavy atom. The fourth-order valence-electron chi connectivity index (χ4n) is 3.06. The molecule has 1 saturated carbocycles. The molecule has 3 nitrogen and oxygen atoms in total. The lowest BCUT2D eigenvalue weighted by Crippen LogP contribution is -2.34. The van der Waals surface area contributed by atoms with Crippen molar-refractivity contribution in [2.24, 2.45) is 0 Å². The predicted octanol–water partition coefficient (Wildman–Crippen LogP) is 4.34. The number of carbonyl (C=O) groups is 1. The van der Waals surface area contributed by atoms with Gasteiger partial charge in [-0.15, -0.1) is 0 Å². The molecule has 0 atom stereocenters. The first-order chi connectivity index (χ1) is 11.2. The molecule has 0 radical (unpaired) electrons. The van der Waals surface area contributed by atoms with Crippen LogP contribution in [0.15, 0.2) is 42.7 Å². The van der Waals surface area contributed by atoms with Crippen molar-refractivity contribution in [3.05, 3.63) is 54.1 Å². The summed E-state index contributed by atoms with van der Waals surface area (Å²) in [5.41, 5.74) is 2.22. The van der Waals surface area contributed by atoms with Gasteiger partial charge in [0.2, 0.25) is 0 Å². The molecule has 23 heavy (non-hydrogen) atoms. The number of carbonyl (C=O) groups excluding carboxylic acids is 1. The number of benzene rings is 1. The Balaban J connectivity index is 1.73. The lowest BCUT2D eigenvalue weighted by Gasteiger charge is -2.16. The lowest BCUT2D eigenvalue weighted by molar-refractivity contribution is 0.0933. The summed E-state index contributed by atoms with van der Waals surface area (Å²) in [6.07, 6.45) is 10.3. The Bertz CT molecular complexity index is 661. The van der Waals surface area contributed by atoms with Gasteiger partial charge in [-0.25, -0.2) is 4.39 Å². The van der Waals surface area contributed by atoms with E-state index in [9.17, 15) is 9.18 Å². The van der Waals surface area contributed by atoms with Gasteiger partial charge in [0, 0.05) is 24.0 Å². The van der Waals surface area contributed by atoms with Crippen molar-refractivity contribution < 1.29 is 9.18 Å². The van der Waals surface area contributed by atoms with Crippen LogP contribution >= 0.6 is 0 Å². The number of halogens is 1. The third-order valence-electron chi connectivity index (χ3n) is 4.37. The first-order valence-corrected chi connectivity index (χ1v) is 8.24. The Kier molecular flexibility index (Phi) is 5.01. The van der Waals surface area contributed by atoms with E-state index in [1.165, 1.54) is 37.8 Å². The minimum atomic E-state index is -0.274. The maximum atomic E-state index is 13.0. The summed E-state index contributed by atoms with van der Waals surface area (Å²) in [5.74, 6) is -0.350. The van der Waals surface area contributed by atoms with Gasteiger partial charge in [-0.1, -0.05) is 37.8 Å². The van der Waals surface area contributed by atoms with Gasteiger partial charge >= 0.3 is 0 Å². The van der Waals surface area contributed by atoms with Crippen LogP contribution in [-0.2, 0) is 0 Å². The quantitative estimate of drug-likeness (QED) is 0.857. The fourth-order valence-corrected chi connectivity index (χ4v) is 3.06. The molecular formula is C19H21FN2O. The van der Waals surface area contributed by atoms with Crippen molar-refractivity contribution in [2.75, 3.05) is 0 Å². The van der Waals surface area contributed by atoms with Crippen LogP contribution in [0.4, 0.5) is 4.39 Å². The van der Waals surface area contributed by atoms with Crippen LogP contribution in [0.2, 0.25) is 0 Å². The Hall–Kier alpha value is -2.23. The van der Waals surface area contributed by atoms with Crippen LogP contribution in [0.25, 0.3) is 11.1 Å².